The molecule has 1 heterocycles. The van der Waals surface area contributed by atoms with Crippen molar-refractivity contribution in [1.82, 2.24) is 20.9 Å². The summed E-state index contributed by atoms with van der Waals surface area (Å²) in [5.74, 6) is -3.78. The van der Waals surface area contributed by atoms with E-state index in [9.17, 15) is 28.8 Å². The van der Waals surface area contributed by atoms with Crippen LogP contribution in [0.5, 0.6) is 0 Å². The molecule has 0 aromatic heterocycles. The van der Waals surface area contributed by atoms with Crippen molar-refractivity contribution in [2.45, 2.75) is 97.9 Å². The lowest BCUT2D eigenvalue weighted by atomic mass is 9.77. The lowest BCUT2D eigenvalue weighted by Crippen LogP contribution is -2.60. The molecule has 0 bridgehead atoms. The second-order valence-electron chi connectivity index (χ2n) is 14.9. The number of Topliss-reactive ketones (excluding diaryl/α,β-unsaturated/α-hetero) is 1. The molecule has 12 nitrogen and oxygen atoms in total. The van der Waals surface area contributed by atoms with Crippen LogP contribution < -0.4 is 16.0 Å². The van der Waals surface area contributed by atoms with Gasteiger partial charge in [-0.3, -0.25) is 24.0 Å². The molecule has 3 unspecified atom stereocenters. The Labute approximate surface area is 295 Å². The number of fused-ring (bicyclic) bond motifs is 1. The smallest absolute Gasteiger partial charge is 0.407 e. The van der Waals surface area contributed by atoms with Crippen LogP contribution >= 0.6 is 0 Å². The molecular formula is C38H54N4O8. The van der Waals surface area contributed by atoms with Crippen LogP contribution in [-0.2, 0) is 40.1 Å². The highest BCUT2D eigenvalue weighted by Crippen LogP contribution is 2.65. The topological polar surface area (TPSA) is 160 Å². The lowest BCUT2D eigenvalue weighted by molar-refractivity contribution is -0.152. The van der Waals surface area contributed by atoms with E-state index in [4.69, 9.17) is 9.47 Å². The first kappa shape index (κ1) is 38.6. The summed E-state index contributed by atoms with van der Waals surface area (Å²) in [4.78, 5) is 82.0. The number of piperidine rings is 1. The van der Waals surface area contributed by atoms with Gasteiger partial charge in [-0.15, -0.1) is 6.58 Å². The number of nitrogens with one attached hydrogen (secondary N) is 3. The van der Waals surface area contributed by atoms with Gasteiger partial charge in [0.2, 0.25) is 17.6 Å². The number of ether oxygens (including phenoxy) is 2. The Morgan fingerprint density at radius 1 is 1.04 bits per heavy atom. The Bertz CT molecular complexity index is 1410. The third-order valence-corrected chi connectivity index (χ3v) is 10.4. The van der Waals surface area contributed by atoms with Gasteiger partial charge in [-0.05, 0) is 60.3 Å². The molecule has 1 aromatic carbocycles. The minimum atomic E-state index is -1.06. The maximum absolute atomic E-state index is 14.6. The number of amides is 4. The van der Waals surface area contributed by atoms with Crippen molar-refractivity contribution in [3.63, 3.8) is 0 Å². The van der Waals surface area contributed by atoms with Gasteiger partial charge in [-0.1, -0.05) is 83.9 Å². The zero-order valence-corrected chi connectivity index (χ0v) is 30.1. The average molecular weight is 695 g/mol. The molecule has 3 N–H and O–H groups in total. The van der Waals surface area contributed by atoms with E-state index in [1.54, 1.807) is 0 Å². The van der Waals surface area contributed by atoms with Crippen molar-refractivity contribution < 1.29 is 38.2 Å². The van der Waals surface area contributed by atoms with Crippen LogP contribution in [0.3, 0.4) is 0 Å². The van der Waals surface area contributed by atoms with Crippen LogP contribution in [0.4, 0.5) is 4.79 Å². The number of alkyl carbamates (subject to hydrolysis) is 1. The summed E-state index contributed by atoms with van der Waals surface area (Å²) in [5, 5.41) is 8.08. The van der Waals surface area contributed by atoms with Crippen molar-refractivity contribution in [1.29, 1.82) is 0 Å². The van der Waals surface area contributed by atoms with Crippen LogP contribution in [0.25, 0.3) is 0 Å². The largest absolute Gasteiger partial charge is 0.461 e. The van der Waals surface area contributed by atoms with E-state index >= 15 is 0 Å². The molecule has 3 fully saturated rings. The van der Waals surface area contributed by atoms with Gasteiger partial charge in [0.25, 0.3) is 5.91 Å². The van der Waals surface area contributed by atoms with Crippen molar-refractivity contribution in [3.8, 4) is 0 Å². The van der Waals surface area contributed by atoms with E-state index in [1.807, 2.05) is 65.0 Å². The maximum atomic E-state index is 14.6. The number of carbonyl (C=O) groups is 6. The normalized spacial score (nSPS) is 24.6. The van der Waals surface area contributed by atoms with E-state index in [0.29, 0.717) is 38.6 Å². The summed E-state index contributed by atoms with van der Waals surface area (Å²) in [6, 6.07) is 6.39. The van der Waals surface area contributed by atoms with Gasteiger partial charge in [0.15, 0.2) is 0 Å². The minimum Gasteiger partial charge on any atom is -0.461 e. The van der Waals surface area contributed by atoms with Gasteiger partial charge in [0.05, 0.1) is 18.6 Å². The van der Waals surface area contributed by atoms with E-state index < -0.39 is 59.6 Å². The molecule has 4 amide bonds. The first-order valence-corrected chi connectivity index (χ1v) is 18.0. The van der Waals surface area contributed by atoms with E-state index in [-0.39, 0.29) is 55.3 Å². The molecule has 1 aliphatic heterocycles. The lowest BCUT2D eigenvalue weighted by Gasteiger charge is -2.38. The summed E-state index contributed by atoms with van der Waals surface area (Å²) in [6.07, 6.45) is 3.67. The van der Waals surface area contributed by atoms with Crippen LogP contribution in [0.15, 0.2) is 43.0 Å². The molecule has 3 aliphatic rings. The minimum absolute atomic E-state index is 0.0408. The van der Waals surface area contributed by atoms with Gasteiger partial charge in [0.1, 0.15) is 18.7 Å². The number of esters is 1. The Balaban J connectivity index is 1.55. The van der Waals surface area contributed by atoms with Crippen molar-refractivity contribution >= 4 is 35.6 Å². The van der Waals surface area contributed by atoms with Gasteiger partial charge in [-0.25, -0.2) is 4.79 Å². The number of carbonyl (C=O) groups excluding carboxylic acids is 6. The van der Waals surface area contributed by atoms with Crippen molar-refractivity contribution in [3.05, 3.63) is 48.6 Å². The highest BCUT2D eigenvalue weighted by molar-refractivity contribution is 6.38. The molecule has 2 saturated carbocycles. The molecular weight excluding hydrogens is 640 g/mol. The predicted molar refractivity (Wildman–Crippen MR) is 186 cm³/mol. The summed E-state index contributed by atoms with van der Waals surface area (Å²) in [7, 11) is 0. The molecule has 1 aromatic rings. The number of benzene rings is 1. The summed E-state index contributed by atoms with van der Waals surface area (Å²) < 4.78 is 11.1. The molecule has 4 rings (SSSR count). The van der Waals surface area contributed by atoms with Crippen LogP contribution in [0, 0.1) is 35.0 Å². The zero-order chi connectivity index (χ0) is 36.6. The third-order valence-electron chi connectivity index (χ3n) is 10.4. The van der Waals surface area contributed by atoms with Crippen LogP contribution in [0.2, 0.25) is 0 Å². The van der Waals surface area contributed by atoms with Gasteiger partial charge < -0.3 is 30.3 Å². The molecule has 1 saturated heterocycles. The predicted octanol–water partition coefficient (Wildman–Crippen LogP) is 3.93. The fourth-order valence-electron chi connectivity index (χ4n) is 7.60. The van der Waals surface area contributed by atoms with E-state index in [2.05, 4.69) is 22.5 Å². The SMILES string of the molecule is C=CCNC(=O)C(=O)C(CCC)NC(=O)[C@@H]1[C@@H]2[C@H](CN1C(=O)[C@H](NC(=O)OCC(C)C)C1CCCC(C(=O)OCc3ccccc3)C1)C2(C)C. The number of rotatable bonds is 16. The van der Waals surface area contributed by atoms with E-state index in [1.165, 1.54) is 11.0 Å². The number of nitrogens with zero attached hydrogens (tertiary/aromatic N) is 1. The fourth-order valence-corrected chi connectivity index (χ4v) is 7.60. The zero-order valence-electron chi connectivity index (χ0n) is 30.1. The number of ketones is 1. The Morgan fingerprint density at radius 3 is 2.42 bits per heavy atom. The van der Waals surface area contributed by atoms with Crippen molar-refractivity contribution in [2.24, 2.45) is 35.0 Å². The summed E-state index contributed by atoms with van der Waals surface area (Å²) >= 11 is 0. The summed E-state index contributed by atoms with van der Waals surface area (Å²) in [6.45, 7) is 14.0. The molecule has 12 heteroatoms. The third kappa shape index (κ3) is 9.31. The van der Waals surface area contributed by atoms with E-state index in [0.717, 1.165) is 5.56 Å². The first-order chi connectivity index (χ1) is 23.8. The van der Waals surface area contributed by atoms with Gasteiger partial charge in [0, 0.05) is 13.1 Å². The first-order valence-electron chi connectivity index (χ1n) is 18.0. The second-order valence-corrected chi connectivity index (χ2v) is 14.9. The number of hydrogen-bond acceptors (Lipinski definition) is 8. The van der Waals surface area contributed by atoms with Crippen LogP contribution in [-0.4, -0.2) is 78.3 Å². The Hall–Kier alpha value is -4.22. The molecule has 2 aliphatic carbocycles. The summed E-state index contributed by atoms with van der Waals surface area (Å²) in [5.41, 5.74) is 0.651. The second kappa shape index (κ2) is 17.1. The number of hydrogen-bond donors (Lipinski definition) is 3. The van der Waals surface area contributed by atoms with Gasteiger partial charge in [-0.2, -0.15) is 0 Å². The fraction of sp³-hybridized carbons (Fsp3) is 0.632. The maximum Gasteiger partial charge on any atom is 0.407 e. The molecule has 50 heavy (non-hydrogen) atoms. The monoisotopic (exact) mass is 694 g/mol. The Kier molecular flexibility index (Phi) is 13.2. The molecule has 7 atom stereocenters. The quantitative estimate of drug-likeness (QED) is 0.133. The molecule has 0 radical (unpaired) electrons. The number of likely N-dealkylation sites (tertiary alicyclic amines) is 1. The van der Waals surface area contributed by atoms with Gasteiger partial charge >= 0.3 is 12.1 Å². The highest BCUT2D eigenvalue weighted by Gasteiger charge is 2.69. The average Bonchev–Trinajstić information content (AvgIpc) is 3.40. The highest BCUT2D eigenvalue weighted by atomic mass is 16.5. The molecule has 0 spiro atoms. The van der Waals surface area contributed by atoms with Crippen molar-refractivity contribution in [2.75, 3.05) is 19.7 Å². The standard InChI is InChI=1S/C38H54N4O8/c1-7-13-28(32(43)34(45)39-18-8-2)40-33(44)31-29-27(38(29,5)6)20-42(31)35(46)30(41-37(48)50-21-23(3)4)25-16-12-17-26(19-25)36(47)49-22-24-14-10-9-11-15-24/h8-11,14-15,23,25-31H,2,7,12-13,16-22H2,1,3-6H3,(H,39,45)(H,40,44)(H,41,48)/t25?,26?,27-,28?,29-,30+,31-/m0/s1. The van der Waals surface area contributed by atoms with Crippen LogP contribution in [0.1, 0.15) is 78.7 Å². The Morgan fingerprint density at radius 2 is 1.76 bits per heavy atom. The molecule has 274 valence electrons.